The van der Waals surface area contributed by atoms with Crippen LogP contribution in [0.1, 0.15) is 16.1 Å². The highest BCUT2D eigenvalue weighted by Crippen LogP contribution is 2.40. The van der Waals surface area contributed by atoms with Crippen molar-refractivity contribution in [2.45, 2.75) is 6.54 Å². The fourth-order valence-corrected chi connectivity index (χ4v) is 4.21. The Labute approximate surface area is 192 Å². The molecule has 0 saturated carbocycles. The van der Waals surface area contributed by atoms with Crippen molar-refractivity contribution in [3.05, 3.63) is 58.0 Å². The number of rotatable bonds is 6. The lowest BCUT2D eigenvalue weighted by Gasteiger charge is -2.34. The topological polar surface area (TPSA) is 86.1 Å². The van der Waals surface area contributed by atoms with Crippen LogP contribution < -0.4 is 19.8 Å². The van der Waals surface area contributed by atoms with Crippen LogP contribution >= 0.6 is 0 Å². The summed E-state index contributed by atoms with van der Waals surface area (Å²) in [6.07, 6.45) is 0. The molecule has 1 amide bonds. The zero-order valence-electron chi connectivity index (χ0n) is 19.3. The second kappa shape index (κ2) is 9.50. The van der Waals surface area contributed by atoms with Crippen LogP contribution in [0.5, 0.6) is 17.2 Å². The lowest BCUT2D eigenvalue weighted by atomic mass is 10.1. The van der Waals surface area contributed by atoms with E-state index >= 15 is 0 Å². The normalized spacial score (nSPS) is 14.4. The minimum Gasteiger partial charge on any atom is -0.493 e. The Morgan fingerprint density at radius 1 is 0.939 bits per heavy atom. The maximum atomic E-state index is 13.1. The molecule has 0 N–H and O–H groups in total. The van der Waals surface area contributed by atoms with Crippen LogP contribution in [-0.2, 0) is 13.6 Å². The van der Waals surface area contributed by atoms with Crippen LogP contribution in [0.15, 0.2) is 41.2 Å². The summed E-state index contributed by atoms with van der Waals surface area (Å²) in [5.41, 5.74) is 1.89. The molecule has 0 radical (unpaired) electrons. The molecule has 0 spiro atoms. The maximum Gasteiger partial charge on any atom is 0.282 e. The van der Waals surface area contributed by atoms with Gasteiger partial charge in [-0.2, -0.15) is 0 Å². The highest BCUT2D eigenvalue weighted by Gasteiger charge is 2.27. The molecular weight excluding hydrogens is 424 g/mol. The van der Waals surface area contributed by atoms with Gasteiger partial charge in [-0.05, 0) is 18.2 Å². The number of nitrogens with zero attached hydrogens (tertiary/aromatic N) is 4. The molecule has 1 saturated heterocycles. The number of fused-ring (bicyclic) bond motifs is 1. The molecule has 0 atom stereocenters. The van der Waals surface area contributed by atoms with E-state index in [4.69, 9.17) is 14.2 Å². The van der Waals surface area contributed by atoms with Gasteiger partial charge in [-0.25, -0.2) is 4.98 Å². The molecule has 9 nitrogen and oxygen atoms in total. The molecule has 9 heteroatoms. The predicted molar refractivity (Wildman–Crippen MR) is 124 cm³/mol. The van der Waals surface area contributed by atoms with E-state index in [-0.39, 0.29) is 17.2 Å². The molecule has 3 aromatic rings. The molecule has 1 aliphatic heterocycles. The van der Waals surface area contributed by atoms with Crippen molar-refractivity contribution >= 4 is 16.9 Å². The van der Waals surface area contributed by atoms with Crippen molar-refractivity contribution in [1.82, 2.24) is 19.4 Å². The lowest BCUT2D eigenvalue weighted by Crippen LogP contribution is -2.49. The first-order valence-corrected chi connectivity index (χ1v) is 10.7. The predicted octanol–water partition coefficient (Wildman–Crippen LogP) is 1.92. The Morgan fingerprint density at radius 3 is 2.30 bits per heavy atom. The molecule has 2 aromatic carbocycles. The van der Waals surface area contributed by atoms with Crippen LogP contribution in [0.4, 0.5) is 0 Å². The van der Waals surface area contributed by atoms with E-state index in [1.54, 1.807) is 39.3 Å². The van der Waals surface area contributed by atoms with E-state index in [1.165, 1.54) is 4.57 Å². The van der Waals surface area contributed by atoms with E-state index in [0.717, 1.165) is 5.56 Å². The van der Waals surface area contributed by atoms with Crippen molar-refractivity contribution in [3.8, 4) is 17.2 Å². The van der Waals surface area contributed by atoms with Crippen molar-refractivity contribution in [2.24, 2.45) is 7.05 Å². The number of carbonyl (C=O) groups excluding carboxylic acids is 1. The number of hydrogen-bond donors (Lipinski definition) is 0. The number of carbonyl (C=O) groups is 1. The minimum absolute atomic E-state index is 0.0359. The Hall–Kier alpha value is -3.59. The van der Waals surface area contributed by atoms with E-state index in [9.17, 15) is 9.59 Å². The molecule has 174 valence electrons. The number of para-hydroxylation sites is 2. The largest absolute Gasteiger partial charge is 0.493 e. The van der Waals surface area contributed by atoms with Crippen LogP contribution in [0.25, 0.3) is 11.0 Å². The van der Waals surface area contributed by atoms with Crippen LogP contribution in [0, 0.1) is 0 Å². The summed E-state index contributed by atoms with van der Waals surface area (Å²) in [5.74, 6) is 1.48. The molecule has 0 unspecified atom stereocenters. The third kappa shape index (κ3) is 4.23. The number of amides is 1. The molecule has 4 rings (SSSR count). The summed E-state index contributed by atoms with van der Waals surface area (Å²) < 4.78 is 17.9. The number of benzene rings is 2. The van der Waals surface area contributed by atoms with E-state index in [2.05, 4.69) is 9.88 Å². The number of methoxy groups -OCH3 is 3. The van der Waals surface area contributed by atoms with Gasteiger partial charge in [0.25, 0.3) is 11.5 Å². The summed E-state index contributed by atoms with van der Waals surface area (Å²) in [6, 6.07) is 11.1. The number of aromatic nitrogens is 2. The second-order valence-electron chi connectivity index (χ2n) is 7.88. The van der Waals surface area contributed by atoms with Crippen molar-refractivity contribution in [1.29, 1.82) is 0 Å². The molecule has 1 fully saturated rings. The Bertz CT molecular complexity index is 1230. The number of hydrogen-bond acceptors (Lipinski definition) is 7. The minimum atomic E-state index is -0.379. The van der Waals surface area contributed by atoms with Gasteiger partial charge < -0.3 is 23.7 Å². The summed E-state index contributed by atoms with van der Waals surface area (Å²) >= 11 is 0. The Kier molecular flexibility index (Phi) is 6.50. The van der Waals surface area contributed by atoms with Crippen LogP contribution in [-0.4, -0.2) is 72.8 Å². The highest BCUT2D eigenvalue weighted by atomic mass is 16.5. The second-order valence-corrected chi connectivity index (χ2v) is 7.88. The zero-order chi connectivity index (χ0) is 23.5. The molecule has 1 aliphatic rings. The van der Waals surface area contributed by atoms with Crippen molar-refractivity contribution in [3.63, 3.8) is 0 Å². The van der Waals surface area contributed by atoms with Gasteiger partial charge in [0.05, 0.1) is 32.4 Å². The maximum absolute atomic E-state index is 13.1. The zero-order valence-corrected chi connectivity index (χ0v) is 19.3. The standard InChI is InChI=1S/C24H28N4O5/c1-26-18-8-6-5-7-17(18)25-20(23(26)29)24(30)28-13-11-27(12-14-28)15-16-9-10-19(31-2)22(33-4)21(16)32-3/h5-10H,11-15H2,1-4H3. The van der Waals surface area contributed by atoms with Crippen molar-refractivity contribution < 1.29 is 19.0 Å². The quantitative estimate of drug-likeness (QED) is 0.565. The van der Waals surface area contributed by atoms with Crippen LogP contribution in [0.3, 0.4) is 0 Å². The van der Waals surface area contributed by atoms with Gasteiger partial charge in [-0.1, -0.05) is 18.2 Å². The molecule has 33 heavy (non-hydrogen) atoms. The highest BCUT2D eigenvalue weighted by molar-refractivity contribution is 5.94. The fourth-order valence-electron chi connectivity index (χ4n) is 4.21. The first-order chi connectivity index (χ1) is 16.0. The molecule has 1 aromatic heterocycles. The molecular formula is C24H28N4O5. The molecule has 0 aliphatic carbocycles. The summed E-state index contributed by atoms with van der Waals surface area (Å²) in [7, 11) is 6.44. The number of aryl methyl sites for hydroxylation is 1. The van der Waals surface area contributed by atoms with Gasteiger partial charge in [0.15, 0.2) is 17.2 Å². The summed E-state index contributed by atoms with van der Waals surface area (Å²) in [4.78, 5) is 34.2. The third-order valence-electron chi connectivity index (χ3n) is 6.02. The average molecular weight is 453 g/mol. The summed E-state index contributed by atoms with van der Waals surface area (Å²) in [6.45, 7) is 2.98. The summed E-state index contributed by atoms with van der Waals surface area (Å²) in [5, 5.41) is 0. The van der Waals surface area contributed by atoms with Gasteiger partial charge in [-0.3, -0.25) is 14.5 Å². The van der Waals surface area contributed by atoms with Gasteiger partial charge in [0, 0.05) is 45.3 Å². The Morgan fingerprint density at radius 2 is 1.64 bits per heavy atom. The monoisotopic (exact) mass is 452 g/mol. The smallest absolute Gasteiger partial charge is 0.282 e. The lowest BCUT2D eigenvalue weighted by molar-refractivity contribution is 0.0619. The average Bonchev–Trinajstić information content (AvgIpc) is 2.85. The Balaban J connectivity index is 1.48. The first-order valence-electron chi connectivity index (χ1n) is 10.7. The van der Waals surface area contributed by atoms with Gasteiger partial charge >= 0.3 is 0 Å². The van der Waals surface area contributed by atoms with Gasteiger partial charge in [0.1, 0.15) is 0 Å². The number of piperazine rings is 1. The molecule has 2 heterocycles. The third-order valence-corrected chi connectivity index (χ3v) is 6.02. The SMILES string of the molecule is COc1ccc(CN2CCN(C(=O)c3nc4ccccc4n(C)c3=O)CC2)c(OC)c1OC. The van der Waals surface area contributed by atoms with E-state index in [1.807, 2.05) is 30.3 Å². The van der Waals surface area contributed by atoms with Crippen molar-refractivity contribution in [2.75, 3.05) is 47.5 Å². The van der Waals surface area contributed by atoms with Crippen LogP contribution in [0.2, 0.25) is 0 Å². The van der Waals surface area contributed by atoms with E-state index < -0.39 is 0 Å². The van der Waals surface area contributed by atoms with E-state index in [0.29, 0.717) is 61.0 Å². The number of ether oxygens (including phenoxy) is 3. The first kappa shape index (κ1) is 22.6. The molecule has 0 bridgehead atoms. The fraction of sp³-hybridized carbons (Fsp3) is 0.375. The van der Waals surface area contributed by atoms with Gasteiger partial charge in [-0.15, -0.1) is 0 Å². The van der Waals surface area contributed by atoms with Gasteiger partial charge in [0.2, 0.25) is 5.75 Å².